The van der Waals surface area contributed by atoms with E-state index in [4.69, 9.17) is 21.9 Å². The van der Waals surface area contributed by atoms with Gasteiger partial charge in [0.2, 0.25) is 5.88 Å². The lowest BCUT2D eigenvalue weighted by atomic mass is 10.0. The summed E-state index contributed by atoms with van der Waals surface area (Å²) in [5, 5.41) is 4.74. The van der Waals surface area contributed by atoms with Crippen molar-refractivity contribution in [3.8, 4) is 22.4 Å². The van der Waals surface area contributed by atoms with Crippen LogP contribution < -0.4 is 5.73 Å². The average molecular weight is 364 g/mol. The van der Waals surface area contributed by atoms with Crippen LogP contribution in [0.4, 0.5) is 5.88 Å². The van der Waals surface area contributed by atoms with E-state index in [1.165, 1.54) is 0 Å². The quantitative estimate of drug-likeness (QED) is 0.671. The highest BCUT2D eigenvalue weighted by Crippen LogP contribution is 2.38. The normalized spacial score (nSPS) is 10.8. The molecule has 3 rings (SSSR count). The first kappa shape index (κ1) is 14.2. The van der Waals surface area contributed by atoms with Gasteiger partial charge in [-0.2, -0.15) is 0 Å². The van der Waals surface area contributed by atoms with Gasteiger partial charge < -0.3 is 10.3 Å². The Morgan fingerprint density at radius 1 is 1.14 bits per heavy atom. The van der Waals surface area contributed by atoms with Crippen molar-refractivity contribution in [2.45, 2.75) is 6.92 Å². The molecule has 0 saturated carbocycles. The second-order valence-corrected chi connectivity index (χ2v) is 6.04. The van der Waals surface area contributed by atoms with E-state index in [9.17, 15) is 0 Å². The number of benzene rings is 2. The van der Waals surface area contributed by atoms with Crippen LogP contribution in [0.25, 0.3) is 22.4 Å². The highest BCUT2D eigenvalue weighted by molar-refractivity contribution is 9.10. The number of anilines is 1. The fraction of sp³-hybridized carbons (Fsp3) is 0.0625. The van der Waals surface area contributed by atoms with Crippen molar-refractivity contribution in [3.05, 3.63) is 57.5 Å². The third-order valence-electron chi connectivity index (χ3n) is 3.28. The minimum atomic E-state index is 0.281. The van der Waals surface area contributed by atoms with Gasteiger partial charge in [0.1, 0.15) is 5.69 Å². The Bertz CT molecular complexity index is 814. The molecular weight excluding hydrogens is 352 g/mol. The number of nitrogen functional groups attached to an aromatic ring is 1. The molecule has 0 aliphatic heterocycles. The molecule has 0 atom stereocenters. The molecule has 0 unspecified atom stereocenters. The molecule has 0 radical (unpaired) electrons. The zero-order chi connectivity index (χ0) is 15.0. The van der Waals surface area contributed by atoms with Gasteiger partial charge in [-0.25, -0.2) is 0 Å². The second kappa shape index (κ2) is 5.54. The zero-order valence-corrected chi connectivity index (χ0v) is 13.6. The van der Waals surface area contributed by atoms with E-state index in [0.717, 1.165) is 26.7 Å². The van der Waals surface area contributed by atoms with Crippen molar-refractivity contribution in [3.63, 3.8) is 0 Å². The van der Waals surface area contributed by atoms with Crippen LogP contribution in [0.5, 0.6) is 0 Å². The van der Waals surface area contributed by atoms with Crippen molar-refractivity contribution in [1.29, 1.82) is 0 Å². The van der Waals surface area contributed by atoms with Gasteiger partial charge in [-0.05, 0) is 36.2 Å². The second-order valence-electron chi connectivity index (χ2n) is 4.74. The summed E-state index contributed by atoms with van der Waals surface area (Å²) >= 11 is 9.59. The smallest absolute Gasteiger partial charge is 0.230 e. The van der Waals surface area contributed by atoms with Crippen LogP contribution in [0.3, 0.4) is 0 Å². The van der Waals surface area contributed by atoms with Gasteiger partial charge in [-0.3, -0.25) is 0 Å². The number of halogens is 2. The summed E-state index contributed by atoms with van der Waals surface area (Å²) < 4.78 is 6.20. The Labute approximate surface area is 135 Å². The van der Waals surface area contributed by atoms with Gasteiger partial charge in [-0.1, -0.05) is 57.0 Å². The summed E-state index contributed by atoms with van der Waals surface area (Å²) in [6.45, 7) is 2.03. The van der Waals surface area contributed by atoms with Crippen molar-refractivity contribution < 1.29 is 4.52 Å². The van der Waals surface area contributed by atoms with E-state index >= 15 is 0 Å². The first-order chi connectivity index (χ1) is 10.1. The maximum atomic E-state index is 6.06. The number of hydrogen-bond acceptors (Lipinski definition) is 3. The molecule has 0 spiro atoms. The topological polar surface area (TPSA) is 52.0 Å². The summed E-state index contributed by atoms with van der Waals surface area (Å²) in [6, 6.07) is 13.5. The predicted molar refractivity (Wildman–Crippen MR) is 89.2 cm³/mol. The molecule has 1 heterocycles. The number of nitrogens with zero attached hydrogens (tertiary/aromatic N) is 1. The SMILES string of the molecule is Cc1ccc(-c2noc(N)c2-c2cccc(Cl)c2)cc1Br. The van der Waals surface area contributed by atoms with Crippen LogP contribution in [-0.4, -0.2) is 5.16 Å². The van der Waals surface area contributed by atoms with Crippen LogP contribution in [0, 0.1) is 6.92 Å². The molecule has 0 saturated heterocycles. The number of aromatic nitrogens is 1. The molecule has 2 N–H and O–H groups in total. The van der Waals surface area contributed by atoms with Gasteiger partial charge >= 0.3 is 0 Å². The van der Waals surface area contributed by atoms with Gasteiger partial charge in [0.25, 0.3) is 0 Å². The highest BCUT2D eigenvalue weighted by atomic mass is 79.9. The maximum Gasteiger partial charge on any atom is 0.230 e. The summed E-state index contributed by atoms with van der Waals surface area (Å²) in [7, 11) is 0. The van der Waals surface area contributed by atoms with Crippen LogP contribution >= 0.6 is 27.5 Å². The van der Waals surface area contributed by atoms with Crippen LogP contribution in [0.1, 0.15) is 5.56 Å². The summed E-state index contributed by atoms with van der Waals surface area (Å²) in [5.41, 5.74) is 10.4. The van der Waals surface area contributed by atoms with Gasteiger partial charge in [0.05, 0.1) is 5.56 Å². The number of nitrogens with two attached hydrogens (primary N) is 1. The summed E-state index contributed by atoms with van der Waals surface area (Å²) in [4.78, 5) is 0. The summed E-state index contributed by atoms with van der Waals surface area (Å²) in [6.07, 6.45) is 0. The molecule has 0 fully saturated rings. The Hall–Kier alpha value is -1.78. The van der Waals surface area contributed by atoms with Gasteiger partial charge in [-0.15, -0.1) is 0 Å². The minimum absolute atomic E-state index is 0.281. The molecule has 3 nitrogen and oxygen atoms in total. The zero-order valence-electron chi connectivity index (χ0n) is 11.2. The monoisotopic (exact) mass is 362 g/mol. The molecule has 0 amide bonds. The number of hydrogen-bond donors (Lipinski definition) is 1. The molecule has 5 heteroatoms. The van der Waals surface area contributed by atoms with E-state index < -0.39 is 0 Å². The molecule has 21 heavy (non-hydrogen) atoms. The third-order valence-corrected chi connectivity index (χ3v) is 4.37. The van der Waals surface area contributed by atoms with Crippen LogP contribution in [0.2, 0.25) is 5.02 Å². The summed E-state index contributed by atoms with van der Waals surface area (Å²) in [5.74, 6) is 0.281. The Morgan fingerprint density at radius 3 is 2.67 bits per heavy atom. The molecule has 0 aliphatic carbocycles. The lowest BCUT2D eigenvalue weighted by Gasteiger charge is -2.05. The molecular formula is C16H12BrClN2O. The average Bonchev–Trinajstić information content (AvgIpc) is 2.84. The van der Waals surface area contributed by atoms with Crippen molar-refractivity contribution in [2.75, 3.05) is 5.73 Å². The third kappa shape index (κ3) is 2.69. The lowest BCUT2D eigenvalue weighted by Crippen LogP contribution is -1.88. The molecule has 0 aliphatic rings. The number of rotatable bonds is 2. The van der Waals surface area contributed by atoms with Crippen LogP contribution in [0.15, 0.2) is 51.5 Å². The Morgan fingerprint density at radius 2 is 1.95 bits per heavy atom. The van der Waals surface area contributed by atoms with Gasteiger partial charge in [0.15, 0.2) is 0 Å². The first-order valence-corrected chi connectivity index (χ1v) is 7.51. The molecule has 106 valence electrons. The molecule has 2 aromatic carbocycles. The molecule has 0 bridgehead atoms. The largest absolute Gasteiger partial charge is 0.367 e. The molecule has 3 aromatic rings. The minimum Gasteiger partial charge on any atom is -0.367 e. The fourth-order valence-electron chi connectivity index (χ4n) is 2.16. The van der Waals surface area contributed by atoms with Crippen molar-refractivity contribution in [2.24, 2.45) is 0 Å². The van der Waals surface area contributed by atoms with E-state index in [1.54, 1.807) is 0 Å². The highest BCUT2D eigenvalue weighted by Gasteiger charge is 2.18. The van der Waals surface area contributed by atoms with E-state index in [0.29, 0.717) is 10.7 Å². The number of aryl methyl sites for hydroxylation is 1. The fourth-order valence-corrected chi connectivity index (χ4v) is 2.73. The van der Waals surface area contributed by atoms with Crippen molar-refractivity contribution >= 4 is 33.4 Å². The molecule has 1 aromatic heterocycles. The van der Waals surface area contributed by atoms with Crippen molar-refractivity contribution in [1.82, 2.24) is 5.16 Å². The van der Waals surface area contributed by atoms with Crippen LogP contribution in [-0.2, 0) is 0 Å². The van der Waals surface area contributed by atoms with E-state index in [2.05, 4.69) is 21.1 Å². The lowest BCUT2D eigenvalue weighted by molar-refractivity contribution is 0.439. The Balaban J connectivity index is 2.19. The predicted octanol–water partition coefficient (Wildman–Crippen LogP) is 5.32. The first-order valence-electron chi connectivity index (χ1n) is 6.34. The van der Waals surface area contributed by atoms with E-state index in [-0.39, 0.29) is 5.88 Å². The Kier molecular flexibility index (Phi) is 3.74. The van der Waals surface area contributed by atoms with Gasteiger partial charge in [0, 0.05) is 15.1 Å². The maximum absolute atomic E-state index is 6.06. The standard InChI is InChI=1S/C16H12BrClN2O/c1-9-5-6-11(8-13(9)17)15-14(16(19)21-20-15)10-3-2-4-12(18)7-10/h2-8H,19H2,1H3. The van der Waals surface area contributed by atoms with E-state index in [1.807, 2.05) is 49.4 Å².